The molecule has 4 nitrogen and oxygen atoms in total. The van der Waals surface area contributed by atoms with E-state index in [-0.39, 0.29) is 11.2 Å². The summed E-state index contributed by atoms with van der Waals surface area (Å²) in [4.78, 5) is 0. The van der Waals surface area contributed by atoms with E-state index in [0.29, 0.717) is 6.61 Å². The fourth-order valence-corrected chi connectivity index (χ4v) is 3.09. The van der Waals surface area contributed by atoms with E-state index in [9.17, 15) is 8.42 Å². The van der Waals surface area contributed by atoms with Gasteiger partial charge in [0.15, 0.2) is 0 Å². The van der Waals surface area contributed by atoms with Crippen LogP contribution in [0.1, 0.15) is 40.2 Å². The third kappa shape index (κ3) is 5.92. The van der Waals surface area contributed by atoms with E-state index >= 15 is 0 Å². The van der Waals surface area contributed by atoms with Crippen LogP contribution in [-0.2, 0) is 15.4 Å². The van der Waals surface area contributed by atoms with Crippen LogP contribution >= 0.6 is 0 Å². The van der Waals surface area contributed by atoms with Crippen molar-refractivity contribution in [1.82, 2.24) is 0 Å². The Labute approximate surface area is 122 Å². The van der Waals surface area contributed by atoms with Gasteiger partial charge < -0.3 is 4.74 Å². The lowest BCUT2D eigenvalue weighted by atomic mass is 9.87. The van der Waals surface area contributed by atoms with Gasteiger partial charge in [0.2, 0.25) is 10.0 Å². The molecule has 0 spiro atoms. The molecule has 1 aromatic carbocycles. The summed E-state index contributed by atoms with van der Waals surface area (Å²) < 4.78 is 27.9. The number of sulfonamides is 1. The number of hydrogen-bond acceptors (Lipinski definition) is 3. The molecule has 0 saturated carbocycles. The zero-order chi connectivity index (χ0) is 15.6. The van der Waals surface area contributed by atoms with Crippen molar-refractivity contribution in [2.75, 3.05) is 12.4 Å². The zero-order valence-corrected chi connectivity index (χ0v) is 13.8. The molecule has 0 aliphatic carbocycles. The summed E-state index contributed by atoms with van der Waals surface area (Å²) in [6.45, 7) is 10.4. The van der Waals surface area contributed by atoms with Crippen molar-refractivity contribution in [3.05, 3.63) is 29.8 Å². The van der Waals surface area contributed by atoms with Gasteiger partial charge in [-0.15, -0.1) is 0 Å². The Balaban J connectivity index is 2.67. The molecular weight excluding hydrogens is 274 g/mol. The Bertz CT molecular complexity index is 539. The molecule has 5 heteroatoms. The average Bonchev–Trinajstić information content (AvgIpc) is 2.22. The molecule has 0 unspecified atom stereocenters. The Morgan fingerprint density at radius 1 is 1.05 bits per heavy atom. The molecule has 0 aliphatic heterocycles. The predicted octanol–water partition coefficient (Wildman–Crippen LogP) is 2.68. The molecule has 0 bridgehead atoms. The number of rotatable bonds is 5. The first kappa shape index (κ1) is 17.0. The lowest BCUT2D eigenvalue weighted by Gasteiger charge is -2.24. The van der Waals surface area contributed by atoms with Crippen LogP contribution in [0.15, 0.2) is 24.3 Å². The number of primary sulfonamides is 1. The highest BCUT2D eigenvalue weighted by Gasteiger charge is 2.25. The summed E-state index contributed by atoms with van der Waals surface area (Å²) >= 11 is 0. The summed E-state index contributed by atoms with van der Waals surface area (Å²) in [5, 5.41) is 5.07. The summed E-state index contributed by atoms with van der Waals surface area (Å²) in [6.07, 6.45) is 0. The molecule has 0 aliphatic rings. The molecule has 0 radical (unpaired) electrons. The van der Waals surface area contributed by atoms with Gasteiger partial charge in [0, 0.05) is 5.41 Å². The van der Waals surface area contributed by atoms with Crippen molar-refractivity contribution < 1.29 is 13.2 Å². The first-order chi connectivity index (χ1) is 8.89. The summed E-state index contributed by atoms with van der Waals surface area (Å²) in [5.41, 5.74) is 0.815. The molecule has 114 valence electrons. The molecule has 0 fully saturated rings. The lowest BCUT2D eigenvalue weighted by Crippen LogP contribution is -2.33. The van der Waals surface area contributed by atoms with Crippen molar-refractivity contribution in [2.45, 2.75) is 40.0 Å². The van der Waals surface area contributed by atoms with Gasteiger partial charge in [0.25, 0.3) is 0 Å². The highest BCUT2D eigenvalue weighted by molar-refractivity contribution is 7.89. The molecule has 0 atom stereocenters. The molecule has 1 rings (SSSR count). The molecule has 0 saturated heterocycles. The van der Waals surface area contributed by atoms with Gasteiger partial charge in [-0.3, -0.25) is 0 Å². The van der Waals surface area contributed by atoms with Crippen molar-refractivity contribution in [2.24, 2.45) is 10.6 Å². The van der Waals surface area contributed by atoms with Crippen LogP contribution in [0.2, 0.25) is 0 Å². The van der Waals surface area contributed by atoms with Gasteiger partial charge in [0.1, 0.15) is 5.75 Å². The second kappa shape index (κ2) is 5.74. The second-order valence-electron chi connectivity index (χ2n) is 7.03. The molecule has 20 heavy (non-hydrogen) atoms. The standard InChI is InChI=1S/C15H25NO3S/c1-14(2,3)12-6-8-13(9-7-12)19-10-15(4,5)11-20(16,17)18/h6-9H,10-11H2,1-5H3,(H2,16,17,18). The Morgan fingerprint density at radius 2 is 1.55 bits per heavy atom. The first-order valence-corrected chi connectivity index (χ1v) is 8.34. The minimum absolute atomic E-state index is 0.0971. The van der Waals surface area contributed by atoms with Crippen molar-refractivity contribution in [1.29, 1.82) is 0 Å². The van der Waals surface area contributed by atoms with Crippen LogP contribution in [0, 0.1) is 5.41 Å². The minimum atomic E-state index is -3.49. The fraction of sp³-hybridized carbons (Fsp3) is 0.600. The SMILES string of the molecule is CC(C)(COc1ccc(C(C)(C)C)cc1)CS(N)(=O)=O. The Morgan fingerprint density at radius 3 is 1.95 bits per heavy atom. The quantitative estimate of drug-likeness (QED) is 0.908. The summed E-state index contributed by atoms with van der Waals surface area (Å²) in [7, 11) is -3.49. The van der Waals surface area contributed by atoms with Gasteiger partial charge in [-0.25, -0.2) is 13.6 Å². The van der Waals surface area contributed by atoms with E-state index in [0.717, 1.165) is 5.75 Å². The number of hydrogen-bond donors (Lipinski definition) is 1. The molecule has 0 aromatic heterocycles. The normalized spacial score (nSPS) is 13.3. The summed E-state index contributed by atoms with van der Waals surface area (Å²) in [5.74, 6) is 0.639. The van der Waals surface area contributed by atoms with Crippen molar-refractivity contribution >= 4 is 10.0 Å². The number of benzene rings is 1. The van der Waals surface area contributed by atoms with E-state index in [4.69, 9.17) is 9.88 Å². The molecule has 2 N–H and O–H groups in total. The van der Waals surface area contributed by atoms with Gasteiger partial charge in [-0.1, -0.05) is 46.8 Å². The molecule has 0 amide bonds. The van der Waals surface area contributed by atoms with Crippen LogP contribution in [-0.4, -0.2) is 20.8 Å². The van der Waals surface area contributed by atoms with E-state index in [1.807, 2.05) is 38.1 Å². The topological polar surface area (TPSA) is 69.4 Å². The number of ether oxygens (including phenoxy) is 1. The van der Waals surface area contributed by atoms with Crippen LogP contribution < -0.4 is 9.88 Å². The van der Waals surface area contributed by atoms with Crippen LogP contribution in [0.25, 0.3) is 0 Å². The average molecular weight is 299 g/mol. The van der Waals surface area contributed by atoms with E-state index in [2.05, 4.69) is 20.8 Å². The van der Waals surface area contributed by atoms with Crippen molar-refractivity contribution in [3.8, 4) is 5.75 Å². The molecule has 0 heterocycles. The predicted molar refractivity (Wildman–Crippen MR) is 82.4 cm³/mol. The monoisotopic (exact) mass is 299 g/mol. The Kier molecular flexibility index (Phi) is 4.87. The van der Waals surface area contributed by atoms with Crippen LogP contribution in [0.4, 0.5) is 0 Å². The first-order valence-electron chi connectivity index (χ1n) is 6.63. The largest absolute Gasteiger partial charge is 0.493 e. The smallest absolute Gasteiger partial charge is 0.209 e. The van der Waals surface area contributed by atoms with Crippen molar-refractivity contribution in [3.63, 3.8) is 0 Å². The second-order valence-corrected chi connectivity index (χ2v) is 8.65. The zero-order valence-electron chi connectivity index (χ0n) is 12.9. The van der Waals surface area contributed by atoms with E-state index in [1.165, 1.54) is 5.56 Å². The van der Waals surface area contributed by atoms with Gasteiger partial charge >= 0.3 is 0 Å². The van der Waals surface area contributed by atoms with Crippen LogP contribution in [0.3, 0.4) is 0 Å². The van der Waals surface area contributed by atoms with Crippen LogP contribution in [0.5, 0.6) is 5.75 Å². The van der Waals surface area contributed by atoms with E-state index < -0.39 is 15.4 Å². The maximum Gasteiger partial charge on any atom is 0.209 e. The molecule has 1 aromatic rings. The summed E-state index contributed by atoms with van der Waals surface area (Å²) in [6, 6.07) is 7.88. The Hall–Kier alpha value is -1.07. The van der Waals surface area contributed by atoms with Gasteiger partial charge in [-0.2, -0.15) is 0 Å². The maximum atomic E-state index is 11.1. The minimum Gasteiger partial charge on any atom is -0.493 e. The molecular formula is C15H25NO3S. The third-order valence-corrected chi connectivity index (χ3v) is 4.13. The third-order valence-electron chi connectivity index (χ3n) is 2.94. The maximum absolute atomic E-state index is 11.1. The lowest BCUT2D eigenvalue weighted by molar-refractivity contribution is 0.200. The number of nitrogens with two attached hydrogens (primary N) is 1. The van der Waals surface area contributed by atoms with E-state index in [1.54, 1.807) is 0 Å². The fourth-order valence-electron chi connectivity index (χ4n) is 1.92. The van der Waals surface area contributed by atoms with Gasteiger partial charge in [0.05, 0.1) is 12.4 Å². The highest BCUT2D eigenvalue weighted by atomic mass is 32.2. The highest BCUT2D eigenvalue weighted by Crippen LogP contribution is 2.25. The van der Waals surface area contributed by atoms with Gasteiger partial charge in [-0.05, 0) is 23.1 Å².